The van der Waals surface area contributed by atoms with Crippen LogP contribution in [0, 0.1) is 6.92 Å². The predicted molar refractivity (Wildman–Crippen MR) is 77.7 cm³/mol. The molecule has 3 heteroatoms. The highest BCUT2D eigenvalue weighted by Crippen LogP contribution is 2.36. The van der Waals surface area contributed by atoms with E-state index in [0.29, 0.717) is 5.75 Å². The summed E-state index contributed by atoms with van der Waals surface area (Å²) < 4.78 is 10.9. The molecule has 0 saturated heterocycles. The van der Waals surface area contributed by atoms with E-state index < -0.39 is 0 Å². The Morgan fingerprint density at radius 3 is 2.55 bits per heavy atom. The molecule has 0 amide bonds. The van der Waals surface area contributed by atoms with Gasteiger partial charge in [-0.3, -0.25) is 4.79 Å². The fourth-order valence-electron chi connectivity index (χ4n) is 2.39. The third-order valence-corrected chi connectivity index (χ3v) is 3.16. The fraction of sp³-hybridized carbons (Fsp3) is 0.118. The molecule has 20 heavy (non-hydrogen) atoms. The van der Waals surface area contributed by atoms with Crippen molar-refractivity contribution in [3.05, 3.63) is 54.3 Å². The molecule has 0 aliphatic rings. The maximum Gasteiger partial charge on any atom is 0.308 e. The molecule has 0 aliphatic carbocycles. The molecule has 3 rings (SSSR count). The summed E-state index contributed by atoms with van der Waals surface area (Å²) in [6.45, 7) is 3.33. The Balaban J connectivity index is 2.20. The van der Waals surface area contributed by atoms with E-state index in [1.165, 1.54) is 6.92 Å². The van der Waals surface area contributed by atoms with Gasteiger partial charge in [0.1, 0.15) is 17.1 Å². The molecule has 1 aromatic heterocycles. The average Bonchev–Trinajstić information content (AvgIpc) is 2.74. The summed E-state index contributed by atoms with van der Waals surface area (Å²) in [6.07, 6.45) is 0. The van der Waals surface area contributed by atoms with Gasteiger partial charge in [0.2, 0.25) is 0 Å². The second kappa shape index (κ2) is 4.85. The Kier molecular flexibility index (Phi) is 3.03. The lowest BCUT2D eigenvalue weighted by atomic mass is 10.0. The molecule has 0 aliphatic heterocycles. The van der Waals surface area contributed by atoms with E-state index in [1.807, 2.05) is 49.4 Å². The number of esters is 1. The number of carbonyl (C=O) groups is 1. The van der Waals surface area contributed by atoms with Gasteiger partial charge in [-0.2, -0.15) is 0 Å². The maximum atomic E-state index is 11.1. The van der Waals surface area contributed by atoms with Crippen LogP contribution in [0.3, 0.4) is 0 Å². The zero-order valence-electron chi connectivity index (χ0n) is 11.3. The first-order valence-electron chi connectivity index (χ1n) is 6.42. The van der Waals surface area contributed by atoms with Crippen LogP contribution in [-0.2, 0) is 4.79 Å². The summed E-state index contributed by atoms with van der Waals surface area (Å²) in [7, 11) is 0. The van der Waals surface area contributed by atoms with E-state index in [1.54, 1.807) is 6.07 Å². The van der Waals surface area contributed by atoms with Crippen molar-refractivity contribution in [2.75, 3.05) is 0 Å². The van der Waals surface area contributed by atoms with Gasteiger partial charge >= 0.3 is 5.97 Å². The molecule has 3 aromatic rings. The van der Waals surface area contributed by atoms with Crippen LogP contribution in [0.1, 0.15) is 12.7 Å². The van der Waals surface area contributed by atoms with Crippen molar-refractivity contribution < 1.29 is 13.9 Å². The predicted octanol–water partition coefficient (Wildman–Crippen LogP) is 4.33. The van der Waals surface area contributed by atoms with Gasteiger partial charge in [-0.25, -0.2) is 0 Å². The summed E-state index contributed by atoms with van der Waals surface area (Å²) in [5.41, 5.74) is 2.91. The number of furan rings is 1. The zero-order chi connectivity index (χ0) is 14.1. The van der Waals surface area contributed by atoms with Crippen molar-refractivity contribution >= 4 is 16.9 Å². The highest BCUT2D eigenvalue weighted by molar-refractivity contribution is 5.96. The van der Waals surface area contributed by atoms with E-state index in [2.05, 4.69) is 0 Å². The van der Waals surface area contributed by atoms with Crippen molar-refractivity contribution in [1.82, 2.24) is 0 Å². The summed E-state index contributed by atoms with van der Waals surface area (Å²) in [4.78, 5) is 11.1. The molecule has 0 spiro atoms. The summed E-state index contributed by atoms with van der Waals surface area (Å²) in [5, 5.41) is 0.951. The molecule has 0 unspecified atom stereocenters. The standard InChI is InChI=1S/C17H14O3/c1-11-17(13-6-4-3-5-7-13)15-10-14(20-12(2)18)8-9-16(15)19-11/h3-10H,1-2H3. The lowest BCUT2D eigenvalue weighted by Crippen LogP contribution is -2.00. The van der Waals surface area contributed by atoms with Crippen LogP contribution in [0.25, 0.3) is 22.1 Å². The minimum Gasteiger partial charge on any atom is -0.461 e. The first-order chi connectivity index (χ1) is 9.65. The van der Waals surface area contributed by atoms with Gasteiger partial charge in [-0.15, -0.1) is 0 Å². The second-order valence-corrected chi connectivity index (χ2v) is 4.65. The number of hydrogen-bond acceptors (Lipinski definition) is 3. The third-order valence-electron chi connectivity index (χ3n) is 3.16. The van der Waals surface area contributed by atoms with Crippen LogP contribution < -0.4 is 4.74 Å². The number of rotatable bonds is 2. The molecule has 0 N–H and O–H groups in total. The van der Waals surface area contributed by atoms with Gasteiger partial charge in [0, 0.05) is 17.9 Å². The first kappa shape index (κ1) is 12.5. The second-order valence-electron chi connectivity index (χ2n) is 4.65. The van der Waals surface area contributed by atoms with Crippen molar-refractivity contribution in [2.45, 2.75) is 13.8 Å². The average molecular weight is 266 g/mol. The highest BCUT2D eigenvalue weighted by Gasteiger charge is 2.13. The topological polar surface area (TPSA) is 39.4 Å². The largest absolute Gasteiger partial charge is 0.461 e. The van der Waals surface area contributed by atoms with E-state index in [0.717, 1.165) is 27.9 Å². The molecule has 0 radical (unpaired) electrons. The van der Waals surface area contributed by atoms with E-state index in [9.17, 15) is 4.79 Å². The maximum absolute atomic E-state index is 11.1. The van der Waals surface area contributed by atoms with Gasteiger partial charge in [0.25, 0.3) is 0 Å². The van der Waals surface area contributed by atoms with Crippen LogP contribution in [0.2, 0.25) is 0 Å². The molecular weight excluding hydrogens is 252 g/mol. The summed E-state index contributed by atoms with van der Waals surface area (Å²) >= 11 is 0. The molecule has 2 aromatic carbocycles. The van der Waals surface area contributed by atoms with E-state index in [4.69, 9.17) is 9.15 Å². The summed E-state index contributed by atoms with van der Waals surface area (Å²) in [5.74, 6) is 1.06. The molecule has 0 bridgehead atoms. The monoisotopic (exact) mass is 266 g/mol. The van der Waals surface area contributed by atoms with Crippen LogP contribution in [0.5, 0.6) is 5.75 Å². The third kappa shape index (κ3) is 2.18. The quantitative estimate of drug-likeness (QED) is 0.512. The highest BCUT2D eigenvalue weighted by atomic mass is 16.5. The number of fused-ring (bicyclic) bond motifs is 1. The van der Waals surface area contributed by atoms with E-state index >= 15 is 0 Å². The minimum absolute atomic E-state index is 0.328. The Labute approximate surface area is 116 Å². The summed E-state index contributed by atoms with van der Waals surface area (Å²) in [6, 6.07) is 15.4. The molecule has 0 fully saturated rings. The molecule has 1 heterocycles. The lowest BCUT2D eigenvalue weighted by molar-refractivity contribution is -0.131. The normalized spacial score (nSPS) is 10.7. The van der Waals surface area contributed by atoms with Crippen molar-refractivity contribution in [1.29, 1.82) is 0 Å². The molecular formula is C17H14O3. The van der Waals surface area contributed by atoms with Crippen LogP contribution >= 0.6 is 0 Å². The smallest absolute Gasteiger partial charge is 0.308 e. The number of aryl methyl sites for hydroxylation is 1. The van der Waals surface area contributed by atoms with Crippen molar-refractivity contribution in [3.8, 4) is 16.9 Å². The van der Waals surface area contributed by atoms with Gasteiger partial charge in [0.15, 0.2) is 0 Å². The number of benzene rings is 2. The number of ether oxygens (including phenoxy) is 1. The molecule has 3 nitrogen and oxygen atoms in total. The molecule has 100 valence electrons. The molecule has 0 atom stereocenters. The first-order valence-corrected chi connectivity index (χ1v) is 6.42. The van der Waals surface area contributed by atoms with Gasteiger partial charge in [-0.05, 0) is 30.7 Å². The zero-order valence-corrected chi connectivity index (χ0v) is 11.3. The van der Waals surface area contributed by atoms with Gasteiger partial charge in [-0.1, -0.05) is 30.3 Å². The van der Waals surface area contributed by atoms with E-state index in [-0.39, 0.29) is 5.97 Å². The van der Waals surface area contributed by atoms with Gasteiger partial charge < -0.3 is 9.15 Å². The van der Waals surface area contributed by atoms with Crippen LogP contribution in [0.15, 0.2) is 52.9 Å². The number of carbonyl (C=O) groups excluding carboxylic acids is 1. The van der Waals surface area contributed by atoms with Crippen molar-refractivity contribution in [2.24, 2.45) is 0 Å². The van der Waals surface area contributed by atoms with Crippen LogP contribution in [-0.4, -0.2) is 5.97 Å². The molecule has 0 saturated carbocycles. The van der Waals surface area contributed by atoms with Crippen LogP contribution in [0.4, 0.5) is 0 Å². The SMILES string of the molecule is CC(=O)Oc1ccc2oc(C)c(-c3ccccc3)c2c1. The Morgan fingerprint density at radius 2 is 1.85 bits per heavy atom. The fourth-order valence-corrected chi connectivity index (χ4v) is 2.39. The minimum atomic E-state index is -0.328. The Hall–Kier alpha value is -2.55. The number of hydrogen-bond donors (Lipinski definition) is 0. The van der Waals surface area contributed by atoms with Crippen molar-refractivity contribution in [3.63, 3.8) is 0 Å². The Morgan fingerprint density at radius 1 is 1.10 bits per heavy atom. The Bertz CT molecular complexity index is 770. The lowest BCUT2D eigenvalue weighted by Gasteiger charge is -2.02. The van der Waals surface area contributed by atoms with Gasteiger partial charge in [0.05, 0.1) is 0 Å².